The summed E-state index contributed by atoms with van der Waals surface area (Å²) in [5.41, 5.74) is 3.38. The Kier molecular flexibility index (Phi) is 4.44. The molecule has 0 spiro atoms. The van der Waals surface area contributed by atoms with Crippen LogP contribution in [0.5, 0.6) is 0 Å². The first-order valence-corrected chi connectivity index (χ1v) is 5.65. The van der Waals surface area contributed by atoms with Crippen molar-refractivity contribution >= 4 is 0 Å². The maximum Gasteiger partial charge on any atom is 0.0376 e. The minimum absolute atomic E-state index is 0.377. The van der Waals surface area contributed by atoms with Crippen LogP contribution in [0, 0.1) is 17.3 Å². The van der Waals surface area contributed by atoms with Crippen molar-refractivity contribution in [1.82, 2.24) is 5.43 Å². The zero-order valence-corrected chi connectivity index (χ0v) is 9.40. The number of nitrogens with two attached hydrogens (primary N) is 1. The Labute approximate surface area is 87.6 Å². The lowest BCUT2D eigenvalue weighted by molar-refractivity contribution is 0.189. The molecule has 1 rings (SSSR count). The van der Waals surface area contributed by atoms with Crippen molar-refractivity contribution in [2.45, 2.75) is 58.4 Å². The molecule has 1 fully saturated rings. The summed E-state index contributed by atoms with van der Waals surface area (Å²) in [6.07, 6.45) is 7.43. The second-order valence-corrected chi connectivity index (χ2v) is 4.27. The maximum atomic E-state index is 5.64. The van der Waals surface area contributed by atoms with Gasteiger partial charge in [-0.1, -0.05) is 19.8 Å². The van der Waals surface area contributed by atoms with Gasteiger partial charge in [-0.05, 0) is 31.6 Å². The molecule has 0 aromatic carbocycles. The average molecular weight is 194 g/mol. The van der Waals surface area contributed by atoms with Crippen LogP contribution < -0.4 is 11.3 Å². The van der Waals surface area contributed by atoms with E-state index in [1.807, 2.05) is 6.92 Å². The maximum absolute atomic E-state index is 5.64. The molecule has 1 saturated carbocycles. The topological polar surface area (TPSA) is 38.0 Å². The largest absolute Gasteiger partial charge is 0.271 e. The van der Waals surface area contributed by atoms with Crippen LogP contribution in [-0.4, -0.2) is 6.04 Å². The Morgan fingerprint density at radius 3 is 2.50 bits per heavy atom. The predicted molar refractivity (Wildman–Crippen MR) is 60.4 cm³/mol. The fraction of sp³-hybridized carbons (Fsp3) is 0.833. The standard InChI is InChI=1S/C12H22N2/c1-3-5-8-11(14-13)12(4-2)9-6-7-10-12/h11,14H,4,6-10,13H2,1-2H3. The molecule has 2 nitrogen and oxygen atoms in total. The SMILES string of the molecule is CC#CCC(NN)C1(CC)CCCC1. The van der Waals surface area contributed by atoms with Crippen LogP contribution in [0.2, 0.25) is 0 Å². The Balaban J connectivity index is 2.66. The van der Waals surface area contributed by atoms with Gasteiger partial charge in [0.15, 0.2) is 0 Å². The number of hydrogen-bond acceptors (Lipinski definition) is 2. The van der Waals surface area contributed by atoms with Crippen LogP contribution in [0.1, 0.15) is 52.4 Å². The zero-order chi connectivity index (χ0) is 10.4. The summed E-state index contributed by atoms with van der Waals surface area (Å²) in [6, 6.07) is 0.377. The second-order valence-electron chi connectivity index (χ2n) is 4.27. The third kappa shape index (κ3) is 2.29. The molecule has 14 heavy (non-hydrogen) atoms. The molecule has 1 aliphatic carbocycles. The molecule has 0 saturated heterocycles. The fourth-order valence-electron chi connectivity index (χ4n) is 2.68. The van der Waals surface area contributed by atoms with Crippen molar-refractivity contribution < 1.29 is 0 Å². The molecule has 0 aromatic rings. The van der Waals surface area contributed by atoms with Crippen molar-refractivity contribution in [2.75, 3.05) is 0 Å². The molecule has 0 bridgehead atoms. The lowest BCUT2D eigenvalue weighted by Gasteiger charge is -2.35. The van der Waals surface area contributed by atoms with Gasteiger partial charge >= 0.3 is 0 Å². The summed E-state index contributed by atoms with van der Waals surface area (Å²) >= 11 is 0. The van der Waals surface area contributed by atoms with Crippen molar-refractivity contribution in [3.05, 3.63) is 0 Å². The fourth-order valence-corrected chi connectivity index (χ4v) is 2.68. The highest BCUT2D eigenvalue weighted by atomic mass is 15.2. The van der Waals surface area contributed by atoms with Gasteiger partial charge in [0.1, 0.15) is 0 Å². The van der Waals surface area contributed by atoms with E-state index in [1.54, 1.807) is 0 Å². The first-order chi connectivity index (χ1) is 6.79. The molecule has 0 aliphatic heterocycles. The molecular weight excluding hydrogens is 172 g/mol. The lowest BCUT2D eigenvalue weighted by Crippen LogP contribution is -2.46. The molecule has 0 aromatic heterocycles. The molecule has 80 valence electrons. The van der Waals surface area contributed by atoms with E-state index in [2.05, 4.69) is 24.2 Å². The Morgan fingerprint density at radius 2 is 2.07 bits per heavy atom. The van der Waals surface area contributed by atoms with Gasteiger partial charge in [-0.15, -0.1) is 11.8 Å². The van der Waals surface area contributed by atoms with E-state index in [0.717, 1.165) is 6.42 Å². The Morgan fingerprint density at radius 1 is 1.43 bits per heavy atom. The van der Waals surface area contributed by atoms with E-state index in [0.29, 0.717) is 11.5 Å². The van der Waals surface area contributed by atoms with E-state index in [-0.39, 0.29) is 0 Å². The summed E-state index contributed by atoms with van der Waals surface area (Å²) in [7, 11) is 0. The molecule has 0 heterocycles. The van der Waals surface area contributed by atoms with Gasteiger partial charge in [0, 0.05) is 12.5 Å². The minimum atomic E-state index is 0.377. The molecule has 1 aliphatic rings. The molecule has 3 N–H and O–H groups in total. The smallest absolute Gasteiger partial charge is 0.0376 e. The quantitative estimate of drug-likeness (QED) is 0.409. The first-order valence-electron chi connectivity index (χ1n) is 5.65. The number of rotatable bonds is 4. The normalized spacial score (nSPS) is 21.4. The van der Waals surface area contributed by atoms with E-state index in [4.69, 9.17) is 5.84 Å². The van der Waals surface area contributed by atoms with Crippen LogP contribution in [0.4, 0.5) is 0 Å². The lowest BCUT2D eigenvalue weighted by atomic mass is 9.75. The third-order valence-electron chi connectivity index (χ3n) is 3.73. The summed E-state index contributed by atoms with van der Waals surface area (Å²) in [6.45, 7) is 4.16. The van der Waals surface area contributed by atoms with Crippen LogP contribution in [-0.2, 0) is 0 Å². The monoisotopic (exact) mass is 194 g/mol. The van der Waals surface area contributed by atoms with Crippen molar-refractivity contribution in [2.24, 2.45) is 11.3 Å². The predicted octanol–water partition coefficient (Wildman–Crippen LogP) is 2.20. The minimum Gasteiger partial charge on any atom is -0.271 e. The number of hydrazine groups is 1. The van der Waals surface area contributed by atoms with E-state index in [9.17, 15) is 0 Å². The summed E-state index contributed by atoms with van der Waals surface area (Å²) in [5, 5.41) is 0. The van der Waals surface area contributed by atoms with Crippen molar-refractivity contribution in [3.8, 4) is 11.8 Å². The van der Waals surface area contributed by atoms with E-state index < -0.39 is 0 Å². The van der Waals surface area contributed by atoms with E-state index in [1.165, 1.54) is 32.1 Å². The first kappa shape index (κ1) is 11.6. The summed E-state index contributed by atoms with van der Waals surface area (Å²) < 4.78 is 0. The zero-order valence-electron chi connectivity index (χ0n) is 9.40. The van der Waals surface area contributed by atoms with Gasteiger partial charge in [-0.2, -0.15) is 0 Å². The van der Waals surface area contributed by atoms with Crippen molar-refractivity contribution in [1.29, 1.82) is 0 Å². The van der Waals surface area contributed by atoms with Crippen LogP contribution in [0.15, 0.2) is 0 Å². The van der Waals surface area contributed by atoms with Crippen LogP contribution in [0.3, 0.4) is 0 Å². The molecule has 2 heteroatoms. The van der Waals surface area contributed by atoms with Crippen LogP contribution >= 0.6 is 0 Å². The van der Waals surface area contributed by atoms with Gasteiger partial charge in [0.25, 0.3) is 0 Å². The van der Waals surface area contributed by atoms with Gasteiger partial charge < -0.3 is 0 Å². The Bertz CT molecular complexity index is 218. The van der Waals surface area contributed by atoms with Gasteiger partial charge in [-0.25, -0.2) is 0 Å². The highest BCUT2D eigenvalue weighted by molar-refractivity contribution is 5.03. The van der Waals surface area contributed by atoms with Crippen molar-refractivity contribution in [3.63, 3.8) is 0 Å². The molecule has 0 amide bonds. The number of hydrogen-bond donors (Lipinski definition) is 2. The van der Waals surface area contributed by atoms with Gasteiger partial charge in [-0.3, -0.25) is 11.3 Å². The van der Waals surface area contributed by atoms with Gasteiger partial charge in [0.05, 0.1) is 0 Å². The molecular formula is C12H22N2. The Hall–Kier alpha value is -0.520. The molecule has 0 radical (unpaired) electrons. The molecule has 1 atom stereocenters. The highest BCUT2D eigenvalue weighted by Crippen LogP contribution is 2.44. The van der Waals surface area contributed by atoms with E-state index >= 15 is 0 Å². The number of nitrogens with one attached hydrogen (secondary N) is 1. The average Bonchev–Trinajstić information content (AvgIpc) is 2.69. The van der Waals surface area contributed by atoms with Crippen LogP contribution in [0.25, 0.3) is 0 Å². The highest BCUT2D eigenvalue weighted by Gasteiger charge is 2.38. The third-order valence-corrected chi connectivity index (χ3v) is 3.73. The molecule has 1 unspecified atom stereocenters. The summed E-state index contributed by atoms with van der Waals surface area (Å²) in [4.78, 5) is 0. The summed E-state index contributed by atoms with van der Waals surface area (Å²) in [5.74, 6) is 11.7. The second kappa shape index (κ2) is 5.38. The van der Waals surface area contributed by atoms with Gasteiger partial charge in [0.2, 0.25) is 0 Å².